The number of aromatic nitrogens is 4. The second-order valence-corrected chi connectivity index (χ2v) is 8.10. The van der Waals surface area contributed by atoms with Gasteiger partial charge in [0.2, 0.25) is 5.91 Å². The minimum absolute atomic E-state index is 0.00957. The van der Waals surface area contributed by atoms with Crippen LogP contribution in [-0.2, 0) is 24.3 Å². The number of rotatable bonds is 4. The highest BCUT2D eigenvalue weighted by Crippen LogP contribution is 2.32. The molecule has 5 rings (SSSR count). The number of hydrogen-bond donors (Lipinski definition) is 1. The van der Waals surface area contributed by atoms with Crippen molar-refractivity contribution in [2.45, 2.75) is 45.3 Å². The summed E-state index contributed by atoms with van der Waals surface area (Å²) >= 11 is 0. The van der Waals surface area contributed by atoms with E-state index < -0.39 is 0 Å². The molecule has 1 amide bonds. The largest absolute Gasteiger partial charge is 0.332 e. The Hall–Kier alpha value is -2.80. The number of imidazole rings is 1. The van der Waals surface area contributed by atoms with Crippen LogP contribution in [0.5, 0.6) is 0 Å². The fourth-order valence-electron chi connectivity index (χ4n) is 4.52. The van der Waals surface area contributed by atoms with Gasteiger partial charge in [-0.25, -0.2) is 15.0 Å². The number of nitrogens with zero attached hydrogens (tertiary/aromatic N) is 5. The maximum atomic E-state index is 13.3. The van der Waals surface area contributed by atoms with Gasteiger partial charge in [0.05, 0.1) is 29.3 Å². The topological polar surface area (TPSA) is 75.9 Å². The molecule has 7 heteroatoms. The highest BCUT2D eigenvalue weighted by Gasteiger charge is 2.34. The Morgan fingerprint density at radius 3 is 3.14 bits per heavy atom. The van der Waals surface area contributed by atoms with Gasteiger partial charge in [-0.05, 0) is 25.0 Å². The molecule has 0 radical (unpaired) electrons. The number of para-hydroxylation sites is 2. The van der Waals surface area contributed by atoms with Gasteiger partial charge in [0.15, 0.2) is 5.82 Å². The quantitative estimate of drug-likeness (QED) is 0.741. The van der Waals surface area contributed by atoms with E-state index >= 15 is 0 Å². The zero-order valence-electron chi connectivity index (χ0n) is 16.7. The maximum Gasteiger partial charge on any atom is 0.227 e. The van der Waals surface area contributed by atoms with E-state index in [9.17, 15) is 4.79 Å². The first-order valence-corrected chi connectivity index (χ1v) is 10.5. The van der Waals surface area contributed by atoms with E-state index in [4.69, 9.17) is 4.98 Å². The van der Waals surface area contributed by atoms with Crippen LogP contribution in [0.1, 0.15) is 42.9 Å². The molecule has 2 aliphatic rings. The summed E-state index contributed by atoms with van der Waals surface area (Å²) < 4.78 is 2.07. The van der Waals surface area contributed by atoms with Crippen molar-refractivity contribution in [3.8, 4) is 0 Å². The maximum absolute atomic E-state index is 13.3. The number of hydrogen-bond acceptors (Lipinski definition) is 5. The van der Waals surface area contributed by atoms with E-state index in [1.165, 1.54) is 5.56 Å². The minimum Gasteiger partial charge on any atom is -0.332 e. The second-order valence-electron chi connectivity index (χ2n) is 8.10. The van der Waals surface area contributed by atoms with Crippen molar-refractivity contribution in [3.05, 3.63) is 53.9 Å². The fraction of sp³-hybridized carbons (Fsp3) is 0.455. The molecule has 0 bridgehead atoms. The summed E-state index contributed by atoms with van der Waals surface area (Å²) in [6.45, 7) is 5.19. The number of nitrogens with one attached hydrogen (secondary N) is 1. The molecule has 3 aromatic rings. The average Bonchev–Trinajstić information content (AvgIpc) is 3.40. The molecule has 2 atom stereocenters. The van der Waals surface area contributed by atoms with Crippen molar-refractivity contribution in [3.63, 3.8) is 0 Å². The summed E-state index contributed by atoms with van der Waals surface area (Å²) in [6.07, 6.45) is 6.63. The third-order valence-electron chi connectivity index (χ3n) is 6.08. The lowest BCUT2D eigenvalue weighted by molar-refractivity contribution is -0.136. The van der Waals surface area contributed by atoms with Crippen LogP contribution in [-0.4, -0.2) is 43.4 Å². The van der Waals surface area contributed by atoms with Gasteiger partial charge in [-0.1, -0.05) is 19.1 Å². The van der Waals surface area contributed by atoms with E-state index in [0.29, 0.717) is 6.54 Å². The van der Waals surface area contributed by atoms with E-state index in [1.54, 1.807) is 0 Å². The lowest BCUT2D eigenvalue weighted by Gasteiger charge is -2.27. The number of fused-ring (bicyclic) bond motifs is 2. The summed E-state index contributed by atoms with van der Waals surface area (Å²) in [5.74, 6) is 0.847. The van der Waals surface area contributed by atoms with Crippen molar-refractivity contribution in [2.24, 2.45) is 5.92 Å². The molecular weight excluding hydrogens is 364 g/mol. The Kier molecular flexibility index (Phi) is 4.75. The standard InChI is InChI=1S/C22H26N6O/c1-15(13-27-14-25-18-5-2-3-6-19(18)27)22(29)28-10-4-7-20(28)21-24-12-16-11-23-9-8-17(16)26-21/h2-3,5-6,12,14-15,20,23H,4,7-11,13H2,1H3/t15-,20+/m0/s1. The van der Waals surface area contributed by atoms with Crippen LogP contribution in [0.25, 0.3) is 11.0 Å². The SMILES string of the molecule is C[C@@H](Cn1cnc2ccccc21)C(=O)N1CCC[C@@H]1c1ncc2c(n1)CCNC2. The molecular formula is C22H26N6O. The highest BCUT2D eigenvalue weighted by atomic mass is 16.2. The monoisotopic (exact) mass is 390 g/mol. The third kappa shape index (κ3) is 3.40. The van der Waals surface area contributed by atoms with Crippen LogP contribution in [0.4, 0.5) is 0 Å². The van der Waals surface area contributed by atoms with Gasteiger partial charge >= 0.3 is 0 Å². The van der Waals surface area contributed by atoms with Gasteiger partial charge in [-0.2, -0.15) is 0 Å². The Bertz CT molecular complexity index is 1040. The van der Waals surface area contributed by atoms with Crippen LogP contribution in [0.15, 0.2) is 36.8 Å². The number of carbonyl (C=O) groups excluding carboxylic acids is 1. The van der Waals surface area contributed by atoms with Gasteiger partial charge in [-0.3, -0.25) is 4.79 Å². The molecule has 2 aromatic heterocycles. The summed E-state index contributed by atoms with van der Waals surface area (Å²) in [4.78, 5) is 29.2. The van der Waals surface area contributed by atoms with Gasteiger partial charge in [0.25, 0.3) is 0 Å². The zero-order chi connectivity index (χ0) is 19.8. The molecule has 0 saturated carbocycles. The van der Waals surface area contributed by atoms with Crippen LogP contribution in [0.3, 0.4) is 0 Å². The lowest BCUT2D eigenvalue weighted by atomic mass is 10.1. The van der Waals surface area contributed by atoms with Gasteiger partial charge in [0.1, 0.15) is 0 Å². The number of amides is 1. The molecule has 1 aromatic carbocycles. The molecule has 1 saturated heterocycles. The Balaban J connectivity index is 1.34. The van der Waals surface area contributed by atoms with Gasteiger partial charge in [-0.15, -0.1) is 0 Å². The molecule has 7 nitrogen and oxygen atoms in total. The first-order valence-electron chi connectivity index (χ1n) is 10.5. The lowest BCUT2D eigenvalue weighted by Crippen LogP contribution is -2.37. The fourth-order valence-corrected chi connectivity index (χ4v) is 4.52. The average molecular weight is 390 g/mol. The molecule has 4 heterocycles. The van der Waals surface area contributed by atoms with Crippen LogP contribution in [0.2, 0.25) is 0 Å². The van der Waals surface area contributed by atoms with Crippen LogP contribution < -0.4 is 5.32 Å². The van der Waals surface area contributed by atoms with Gasteiger partial charge in [0, 0.05) is 50.1 Å². The molecule has 2 aliphatic heterocycles. The minimum atomic E-state index is -0.130. The zero-order valence-corrected chi connectivity index (χ0v) is 16.7. The first-order chi connectivity index (χ1) is 14.2. The predicted octanol–water partition coefficient (Wildman–Crippen LogP) is 2.47. The summed E-state index contributed by atoms with van der Waals surface area (Å²) in [5, 5.41) is 3.35. The Morgan fingerprint density at radius 1 is 1.31 bits per heavy atom. The van der Waals surface area contributed by atoms with Crippen LogP contribution in [0, 0.1) is 5.92 Å². The summed E-state index contributed by atoms with van der Waals surface area (Å²) in [5.41, 5.74) is 4.34. The van der Waals surface area contributed by atoms with Crippen molar-refractivity contribution >= 4 is 16.9 Å². The van der Waals surface area contributed by atoms with E-state index in [-0.39, 0.29) is 17.9 Å². The highest BCUT2D eigenvalue weighted by molar-refractivity contribution is 5.80. The number of benzene rings is 1. The van der Waals surface area contributed by atoms with Crippen molar-refractivity contribution in [1.29, 1.82) is 0 Å². The Labute approximate surface area is 170 Å². The number of carbonyl (C=O) groups is 1. The number of likely N-dealkylation sites (tertiary alicyclic amines) is 1. The Morgan fingerprint density at radius 2 is 2.21 bits per heavy atom. The second kappa shape index (κ2) is 7.55. The van der Waals surface area contributed by atoms with E-state index in [2.05, 4.69) is 19.9 Å². The van der Waals surface area contributed by atoms with E-state index in [0.717, 1.165) is 61.4 Å². The van der Waals surface area contributed by atoms with Crippen molar-refractivity contribution in [2.75, 3.05) is 13.1 Å². The molecule has 0 aliphatic carbocycles. The molecule has 1 fully saturated rings. The molecule has 1 N–H and O–H groups in total. The van der Waals surface area contributed by atoms with Gasteiger partial charge < -0.3 is 14.8 Å². The molecule has 0 spiro atoms. The summed E-state index contributed by atoms with van der Waals surface area (Å²) in [7, 11) is 0. The molecule has 150 valence electrons. The molecule has 0 unspecified atom stereocenters. The smallest absolute Gasteiger partial charge is 0.227 e. The van der Waals surface area contributed by atoms with Crippen molar-refractivity contribution < 1.29 is 4.79 Å². The predicted molar refractivity (Wildman–Crippen MR) is 110 cm³/mol. The first kappa shape index (κ1) is 18.2. The third-order valence-corrected chi connectivity index (χ3v) is 6.08. The van der Waals surface area contributed by atoms with Crippen molar-refractivity contribution in [1.82, 2.24) is 29.7 Å². The molecule has 29 heavy (non-hydrogen) atoms. The van der Waals surface area contributed by atoms with Crippen LogP contribution >= 0.6 is 0 Å². The van der Waals surface area contributed by atoms with E-state index in [1.807, 2.05) is 48.6 Å². The summed E-state index contributed by atoms with van der Waals surface area (Å²) in [6, 6.07) is 8.03. The normalized spacial score (nSPS) is 20.0.